The average molecular weight is 259 g/mol. The zero-order valence-electron chi connectivity index (χ0n) is 12.8. The van der Waals surface area contributed by atoms with Crippen LogP contribution in [-0.4, -0.2) is 28.8 Å². The number of hydrogen-bond acceptors (Lipinski definition) is 2. The van der Waals surface area contributed by atoms with Crippen molar-refractivity contribution in [3.8, 4) is 0 Å². The Morgan fingerprint density at radius 3 is 2.47 bits per heavy atom. The summed E-state index contributed by atoms with van der Waals surface area (Å²) in [6, 6.07) is 6.01. The maximum absolute atomic E-state index is 12.6. The van der Waals surface area contributed by atoms with Crippen LogP contribution < -0.4 is 0 Å². The minimum atomic E-state index is -0.0281. The molecule has 1 aromatic rings. The number of nitrogens with zero attached hydrogens (tertiary/aromatic N) is 1. The predicted octanol–water partition coefficient (Wildman–Crippen LogP) is 3.75. The van der Waals surface area contributed by atoms with Crippen LogP contribution in [0.3, 0.4) is 0 Å². The topological polar surface area (TPSA) is 20.3 Å². The second kappa shape index (κ2) is 5.09. The first-order chi connectivity index (χ1) is 8.83. The molecule has 0 radical (unpaired) electrons. The Bertz CT molecular complexity index is 490. The number of carbonyl (C=O) groups excluding carboxylic acids is 1. The lowest BCUT2D eigenvalue weighted by molar-refractivity contribution is 0.0721. The third-order valence-corrected chi connectivity index (χ3v) is 4.60. The van der Waals surface area contributed by atoms with E-state index >= 15 is 0 Å². The Morgan fingerprint density at radius 1 is 1.26 bits per heavy atom. The maximum atomic E-state index is 12.6. The van der Waals surface area contributed by atoms with E-state index in [-0.39, 0.29) is 17.4 Å². The molecule has 1 unspecified atom stereocenters. The van der Waals surface area contributed by atoms with Gasteiger partial charge in [0.25, 0.3) is 0 Å². The molecule has 1 atom stereocenters. The van der Waals surface area contributed by atoms with Crippen LogP contribution in [0.1, 0.15) is 55.1 Å². The molecule has 0 aliphatic carbocycles. The molecule has 1 saturated heterocycles. The summed E-state index contributed by atoms with van der Waals surface area (Å²) in [5.74, 6) is 0.248. The van der Waals surface area contributed by atoms with E-state index in [0.717, 1.165) is 12.1 Å². The lowest BCUT2D eigenvalue weighted by Gasteiger charge is -2.35. The summed E-state index contributed by atoms with van der Waals surface area (Å²) >= 11 is 0. The van der Waals surface area contributed by atoms with Gasteiger partial charge < -0.3 is 0 Å². The summed E-state index contributed by atoms with van der Waals surface area (Å²) in [7, 11) is 0. The zero-order chi connectivity index (χ0) is 14.2. The molecule has 2 heteroatoms. The lowest BCUT2D eigenvalue weighted by atomic mass is 9.96. The molecule has 0 amide bonds. The second-order valence-electron chi connectivity index (χ2n) is 6.45. The maximum Gasteiger partial charge on any atom is 0.179 e. The third kappa shape index (κ3) is 2.74. The lowest BCUT2D eigenvalue weighted by Crippen LogP contribution is -2.47. The van der Waals surface area contributed by atoms with Gasteiger partial charge in [-0.25, -0.2) is 0 Å². The van der Waals surface area contributed by atoms with Gasteiger partial charge >= 0.3 is 0 Å². The van der Waals surface area contributed by atoms with Crippen molar-refractivity contribution in [2.75, 3.05) is 6.54 Å². The molecule has 1 heterocycles. The molecular formula is C17H25NO. The van der Waals surface area contributed by atoms with Crippen molar-refractivity contribution in [2.45, 2.75) is 59.0 Å². The first kappa shape index (κ1) is 14.3. The van der Waals surface area contributed by atoms with Crippen molar-refractivity contribution in [3.63, 3.8) is 0 Å². The molecule has 2 nitrogen and oxygen atoms in total. The normalized spacial score (nSPS) is 20.5. The SMILES string of the molecule is Cc1ccc(C(=O)C(C)N2CCCC2(C)C)cc1C. The molecule has 0 N–H and O–H groups in total. The smallest absolute Gasteiger partial charge is 0.179 e. The summed E-state index contributed by atoms with van der Waals surface area (Å²) in [6.07, 6.45) is 2.37. The molecule has 2 rings (SSSR count). The van der Waals surface area contributed by atoms with Gasteiger partial charge in [0.1, 0.15) is 0 Å². The molecular weight excluding hydrogens is 234 g/mol. The van der Waals surface area contributed by atoms with Crippen LogP contribution in [0.2, 0.25) is 0 Å². The van der Waals surface area contributed by atoms with Gasteiger partial charge in [-0.2, -0.15) is 0 Å². The number of aryl methyl sites for hydroxylation is 2. The standard InChI is InChI=1S/C17H25NO/c1-12-7-8-15(11-13(12)2)16(19)14(3)18-10-6-9-17(18,4)5/h7-8,11,14H,6,9-10H2,1-5H3. The van der Waals surface area contributed by atoms with Gasteiger partial charge in [-0.05, 0) is 71.2 Å². The van der Waals surface area contributed by atoms with Gasteiger partial charge in [0.2, 0.25) is 0 Å². The van der Waals surface area contributed by atoms with Gasteiger partial charge in [-0.15, -0.1) is 0 Å². The van der Waals surface area contributed by atoms with E-state index in [2.05, 4.69) is 32.6 Å². The fourth-order valence-electron chi connectivity index (χ4n) is 3.12. The van der Waals surface area contributed by atoms with Crippen molar-refractivity contribution in [2.24, 2.45) is 0 Å². The molecule has 104 valence electrons. The van der Waals surface area contributed by atoms with E-state index < -0.39 is 0 Å². The summed E-state index contributed by atoms with van der Waals surface area (Å²) in [6.45, 7) is 11.7. The van der Waals surface area contributed by atoms with E-state index in [0.29, 0.717) is 0 Å². The highest BCUT2D eigenvalue weighted by Gasteiger charge is 2.37. The number of carbonyl (C=O) groups is 1. The van der Waals surface area contributed by atoms with Crippen molar-refractivity contribution in [1.82, 2.24) is 4.90 Å². The number of ketones is 1. The highest BCUT2D eigenvalue weighted by atomic mass is 16.1. The second-order valence-corrected chi connectivity index (χ2v) is 6.45. The molecule has 1 aliphatic heterocycles. The quantitative estimate of drug-likeness (QED) is 0.771. The van der Waals surface area contributed by atoms with E-state index in [1.165, 1.54) is 24.0 Å². The summed E-state index contributed by atoms with van der Waals surface area (Å²) in [4.78, 5) is 15.0. The molecule has 19 heavy (non-hydrogen) atoms. The summed E-state index contributed by atoms with van der Waals surface area (Å²) in [5, 5.41) is 0. The predicted molar refractivity (Wildman–Crippen MR) is 79.7 cm³/mol. The number of likely N-dealkylation sites (tertiary alicyclic amines) is 1. The molecule has 0 aromatic heterocycles. The minimum Gasteiger partial charge on any atom is -0.292 e. The molecule has 1 aliphatic rings. The van der Waals surface area contributed by atoms with Crippen molar-refractivity contribution < 1.29 is 4.79 Å². The number of hydrogen-bond donors (Lipinski definition) is 0. The van der Waals surface area contributed by atoms with Crippen LogP contribution in [0.15, 0.2) is 18.2 Å². The van der Waals surface area contributed by atoms with Gasteiger partial charge in [0, 0.05) is 11.1 Å². The Kier molecular flexibility index (Phi) is 3.82. The van der Waals surface area contributed by atoms with Crippen molar-refractivity contribution >= 4 is 5.78 Å². The van der Waals surface area contributed by atoms with E-state index in [1.807, 2.05) is 25.1 Å². The summed E-state index contributed by atoms with van der Waals surface area (Å²) in [5.41, 5.74) is 3.43. The van der Waals surface area contributed by atoms with E-state index in [1.54, 1.807) is 0 Å². The Morgan fingerprint density at radius 2 is 1.95 bits per heavy atom. The number of benzene rings is 1. The highest BCUT2D eigenvalue weighted by molar-refractivity contribution is 6.00. The molecule has 0 bridgehead atoms. The van der Waals surface area contributed by atoms with Crippen molar-refractivity contribution in [1.29, 1.82) is 0 Å². The third-order valence-electron chi connectivity index (χ3n) is 4.60. The van der Waals surface area contributed by atoms with Gasteiger partial charge in [-0.3, -0.25) is 9.69 Å². The van der Waals surface area contributed by atoms with Crippen molar-refractivity contribution in [3.05, 3.63) is 34.9 Å². The first-order valence-electron chi connectivity index (χ1n) is 7.21. The Hall–Kier alpha value is -1.15. The fraction of sp³-hybridized carbons (Fsp3) is 0.588. The molecule has 1 fully saturated rings. The number of Topliss-reactive ketones (excluding diaryl/α,β-unsaturated/α-hetero) is 1. The largest absolute Gasteiger partial charge is 0.292 e. The van der Waals surface area contributed by atoms with Crippen LogP contribution in [0.25, 0.3) is 0 Å². The first-order valence-corrected chi connectivity index (χ1v) is 7.21. The van der Waals surface area contributed by atoms with Gasteiger partial charge in [0.15, 0.2) is 5.78 Å². The molecule has 0 saturated carbocycles. The van der Waals surface area contributed by atoms with Crippen LogP contribution in [-0.2, 0) is 0 Å². The van der Waals surface area contributed by atoms with E-state index in [9.17, 15) is 4.79 Å². The van der Waals surface area contributed by atoms with Crippen LogP contribution in [0.4, 0.5) is 0 Å². The Labute approximate surface area is 116 Å². The average Bonchev–Trinajstić information content (AvgIpc) is 2.70. The van der Waals surface area contributed by atoms with Gasteiger partial charge in [0.05, 0.1) is 6.04 Å². The van der Waals surface area contributed by atoms with Crippen LogP contribution in [0, 0.1) is 13.8 Å². The number of rotatable bonds is 3. The van der Waals surface area contributed by atoms with Crippen LogP contribution in [0.5, 0.6) is 0 Å². The van der Waals surface area contributed by atoms with Gasteiger partial charge in [-0.1, -0.05) is 12.1 Å². The monoisotopic (exact) mass is 259 g/mol. The van der Waals surface area contributed by atoms with Crippen LogP contribution >= 0.6 is 0 Å². The highest BCUT2D eigenvalue weighted by Crippen LogP contribution is 2.31. The molecule has 0 spiro atoms. The fourth-order valence-corrected chi connectivity index (χ4v) is 3.12. The zero-order valence-corrected chi connectivity index (χ0v) is 12.8. The van der Waals surface area contributed by atoms with E-state index in [4.69, 9.17) is 0 Å². The molecule has 1 aromatic carbocycles. The summed E-state index contributed by atoms with van der Waals surface area (Å²) < 4.78 is 0. The Balaban J connectivity index is 2.21. The minimum absolute atomic E-state index is 0.0281.